The number of amides is 1. The number of aromatic nitrogens is 2. The summed E-state index contributed by atoms with van der Waals surface area (Å²) < 4.78 is 1.31. The van der Waals surface area contributed by atoms with Gasteiger partial charge in [-0.25, -0.2) is 4.98 Å². The van der Waals surface area contributed by atoms with E-state index < -0.39 is 0 Å². The SMILES string of the molecule is Cc1cc(C)c(NC(=O)Cn2cnc(-c3cccs3)cc2=O)c(C)c1. The van der Waals surface area contributed by atoms with Gasteiger partial charge in [0.1, 0.15) is 6.54 Å². The summed E-state index contributed by atoms with van der Waals surface area (Å²) in [5, 5.41) is 4.83. The summed E-state index contributed by atoms with van der Waals surface area (Å²) in [5.74, 6) is -0.247. The molecule has 0 unspecified atom stereocenters. The highest BCUT2D eigenvalue weighted by atomic mass is 32.1. The molecule has 3 aromatic rings. The molecule has 0 atom stereocenters. The summed E-state index contributed by atoms with van der Waals surface area (Å²) in [4.78, 5) is 29.8. The Labute approximate surface area is 150 Å². The number of carbonyl (C=O) groups is 1. The Balaban J connectivity index is 1.77. The first-order valence-electron chi connectivity index (χ1n) is 7.92. The van der Waals surface area contributed by atoms with Gasteiger partial charge in [-0.1, -0.05) is 23.8 Å². The summed E-state index contributed by atoms with van der Waals surface area (Å²) in [6, 6.07) is 9.32. The summed E-state index contributed by atoms with van der Waals surface area (Å²) in [5.41, 5.74) is 4.34. The standard InChI is InChI=1S/C19H19N3O2S/c1-12-7-13(2)19(14(3)8-12)21-17(23)10-22-11-20-15(9-18(22)24)16-5-4-6-25-16/h4-9,11H,10H2,1-3H3,(H,21,23). The first-order chi connectivity index (χ1) is 11.9. The third-order valence-corrected chi connectivity index (χ3v) is 4.80. The molecule has 6 heteroatoms. The molecular formula is C19H19N3O2S. The third kappa shape index (κ3) is 3.85. The van der Waals surface area contributed by atoms with Gasteiger partial charge in [-0.3, -0.25) is 14.2 Å². The van der Waals surface area contributed by atoms with Crippen LogP contribution in [0.15, 0.2) is 46.8 Å². The Hall–Kier alpha value is -2.73. The molecule has 0 aliphatic rings. The third-order valence-electron chi connectivity index (χ3n) is 3.91. The van der Waals surface area contributed by atoms with E-state index in [-0.39, 0.29) is 18.0 Å². The van der Waals surface area contributed by atoms with E-state index in [1.165, 1.54) is 28.3 Å². The molecule has 1 aromatic carbocycles. The number of carbonyl (C=O) groups excluding carboxylic acids is 1. The van der Waals surface area contributed by atoms with Crippen molar-refractivity contribution >= 4 is 22.9 Å². The minimum Gasteiger partial charge on any atom is -0.324 e. The maximum atomic E-state index is 12.3. The van der Waals surface area contributed by atoms with Gasteiger partial charge >= 0.3 is 0 Å². The van der Waals surface area contributed by atoms with Gasteiger partial charge in [0, 0.05) is 11.8 Å². The average Bonchev–Trinajstić information content (AvgIpc) is 3.07. The molecule has 5 nitrogen and oxygen atoms in total. The predicted octanol–water partition coefficient (Wildman–Crippen LogP) is 3.54. The van der Waals surface area contributed by atoms with Crippen molar-refractivity contribution in [1.29, 1.82) is 0 Å². The predicted molar refractivity (Wildman–Crippen MR) is 101 cm³/mol. The summed E-state index contributed by atoms with van der Waals surface area (Å²) in [7, 11) is 0. The van der Waals surface area contributed by atoms with Gasteiger partial charge in [0.2, 0.25) is 5.91 Å². The number of thiophene rings is 1. The van der Waals surface area contributed by atoms with Gasteiger partial charge in [0.25, 0.3) is 5.56 Å². The molecule has 25 heavy (non-hydrogen) atoms. The molecule has 128 valence electrons. The van der Waals surface area contributed by atoms with Crippen LogP contribution in [0.2, 0.25) is 0 Å². The van der Waals surface area contributed by atoms with E-state index in [0.717, 1.165) is 27.3 Å². The Morgan fingerprint density at radius 1 is 1.20 bits per heavy atom. The van der Waals surface area contributed by atoms with E-state index in [9.17, 15) is 9.59 Å². The van der Waals surface area contributed by atoms with Crippen LogP contribution in [-0.4, -0.2) is 15.5 Å². The molecule has 1 N–H and O–H groups in total. The van der Waals surface area contributed by atoms with Crippen molar-refractivity contribution in [2.24, 2.45) is 0 Å². The normalized spacial score (nSPS) is 10.7. The van der Waals surface area contributed by atoms with Crippen LogP contribution in [-0.2, 0) is 11.3 Å². The van der Waals surface area contributed by atoms with E-state index in [0.29, 0.717) is 5.69 Å². The zero-order valence-electron chi connectivity index (χ0n) is 14.4. The van der Waals surface area contributed by atoms with Crippen molar-refractivity contribution in [3.63, 3.8) is 0 Å². The smallest absolute Gasteiger partial charge is 0.254 e. The highest BCUT2D eigenvalue weighted by Crippen LogP contribution is 2.22. The number of rotatable bonds is 4. The van der Waals surface area contributed by atoms with Crippen molar-refractivity contribution in [1.82, 2.24) is 9.55 Å². The minimum atomic E-state index is -0.247. The fourth-order valence-electron chi connectivity index (χ4n) is 2.81. The lowest BCUT2D eigenvalue weighted by atomic mass is 10.1. The number of hydrogen-bond acceptors (Lipinski definition) is 4. The molecule has 2 heterocycles. The van der Waals surface area contributed by atoms with E-state index in [1.54, 1.807) is 0 Å². The van der Waals surface area contributed by atoms with Crippen molar-refractivity contribution in [3.05, 3.63) is 69.1 Å². The van der Waals surface area contributed by atoms with Crippen LogP contribution in [0.3, 0.4) is 0 Å². The monoisotopic (exact) mass is 353 g/mol. The average molecular weight is 353 g/mol. The molecule has 0 saturated carbocycles. The lowest BCUT2D eigenvalue weighted by Crippen LogP contribution is -2.27. The number of nitrogens with one attached hydrogen (secondary N) is 1. The molecular weight excluding hydrogens is 334 g/mol. The molecule has 0 bridgehead atoms. The Bertz CT molecular complexity index is 952. The Kier molecular flexibility index (Phi) is 4.81. The molecule has 2 aromatic heterocycles. The fourth-order valence-corrected chi connectivity index (χ4v) is 3.51. The van der Waals surface area contributed by atoms with E-state index in [4.69, 9.17) is 0 Å². The number of benzene rings is 1. The lowest BCUT2D eigenvalue weighted by molar-refractivity contribution is -0.116. The maximum Gasteiger partial charge on any atom is 0.254 e. The van der Waals surface area contributed by atoms with Crippen LogP contribution in [0.5, 0.6) is 0 Å². The minimum absolute atomic E-state index is 0.0662. The molecule has 0 aliphatic carbocycles. The van der Waals surface area contributed by atoms with Crippen LogP contribution < -0.4 is 10.9 Å². The topological polar surface area (TPSA) is 64.0 Å². The number of nitrogens with zero attached hydrogens (tertiary/aromatic N) is 2. The molecule has 0 radical (unpaired) electrons. The zero-order valence-corrected chi connectivity index (χ0v) is 15.2. The van der Waals surface area contributed by atoms with Crippen LogP contribution in [0.1, 0.15) is 16.7 Å². The van der Waals surface area contributed by atoms with Gasteiger partial charge in [-0.05, 0) is 43.3 Å². The Morgan fingerprint density at radius 2 is 1.92 bits per heavy atom. The first-order valence-corrected chi connectivity index (χ1v) is 8.80. The summed E-state index contributed by atoms with van der Waals surface area (Å²) in [6.45, 7) is 5.87. The second kappa shape index (κ2) is 7.03. The molecule has 3 rings (SSSR count). The number of anilines is 1. The van der Waals surface area contributed by atoms with Gasteiger partial charge in [0.05, 0.1) is 16.9 Å². The van der Waals surface area contributed by atoms with Crippen LogP contribution >= 0.6 is 11.3 Å². The maximum absolute atomic E-state index is 12.3. The van der Waals surface area contributed by atoms with Crippen LogP contribution in [0, 0.1) is 20.8 Å². The molecule has 0 saturated heterocycles. The van der Waals surface area contributed by atoms with Crippen LogP contribution in [0.25, 0.3) is 10.6 Å². The van der Waals surface area contributed by atoms with Crippen molar-refractivity contribution in [2.45, 2.75) is 27.3 Å². The number of hydrogen-bond donors (Lipinski definition) is 1. The molecule has 1 amide bonds. The lowest BCUT2D eigenvalue weighted by Gasteiger charge is -2.13. The highest BCUT2D eigenvalue weighted by Gasteiger charge is 2.11. The van der Waals surface area contributed by atoms with Crippen molar-refractivity contribution < 1.29 is 4.79 Å². The van der Waals surface area contributed by atoms with Gasteiger partial charge in [-0.15, -0.1) is 11.3 Å². The van der Waals surface area contributed by atoms with Gasteiger partial charge in [0.15, 0.2) is 0 Å². The number of aryl methyl sites for hydroxylation is 3. The van der Waals surface area contributed by atoms with E-state index in [1.807, 2.05) is 50.4 Å². The quantitative estimate of drug-likeness (QED) is 0.780. The van der Waals surface area contributed by atoms with E-state index in [2.05, 4.69) is 10.3 Å². The van der Waals surface area contributed by atoms with Gasteiger partial charge in [-0.2, -0.15) is 0 Å². The summed E-state index contributed by atoms with van der Waals surface area (Å²) >= 11 is 1.52. The molecule has 0 aliphatic heterocycles. The largest absolute Gasteiger partial charge is 0.324 e. The Morgan fingerprint density at radius 3 is 2.52 bits per heavy atom. The van der Waals surface area contributed by atoms with Crippen molar-refractivity contribution in [3.8, 4) is 10.6 Å². The zero-order chi connectivity index (χ0) is 18.0. The first kappa shape index (κ1) is 17.1. The second-order valence-electron chi connectivity index (χ2n) is 6.04. The highest BCUT2D eigenvalue weighted by molar-refractivity contribution is 7.13. The summed E-state index contributed by atoms with van der Waals surface area (Å²) in [6.07, 6.45) is 1.42. The molecule has 0 spiro atoms. The second-order valence-corrected chi connectivity index (χ2v) is 6.99. The van der Waals surface area contributed by atoms with E-state index >= 15 is 0 Å². The fraction of sp³-hybridized carbons (Fsp3) is 0.211. The van der Waals surface area contributed by atoms with Gasteiger partial charge < -0.3 is 5.32 Å². The van der Waals surface area contributed by atoms with Crippen LogP contribution in [0.4, 0.5) is 5.69 Å². The van der Waals surface area contributed by atoms with Crippen molar-refractivity contribution in [2.75, 3.05) is 5.32 Å². The molecule has 0 fully saturated rings.